The summed E-state index contributed by atoms with van der Waals surface area (Å²) >= 11 is 0. The summed E-state index contributed by atoms with van der Waals surface area (Å²) in [4.78, 5) is 16.1. The maximum Gasteiger partial charge on any atom is 0.311 e. The van der Waals surface area contributed by atoms with Gasteiger partial charge in [0.2, 0.25) is 0 Å². The van der Waals surface area contributed by atoms with E-state index in [-0.39, 0.29) is 24.2 Å². The highest BCUT2D eigenvalue weighted by atomic mass is 16.7. The van der Waals surface area contributed by atoms with Gasteiger partial charge in [0.05, 0.1) is 53.7 Å². The summed E-state index contributed by atoms with van der Waals surface area (Å²) in [5.74, 6) is -2.47. The number of aliphatic hydroxyl groups excluding tert-OH is 2. The molecule has 4 rings (SSSR count). The van der Waals surface area contributed by atoms with E-state index in [0.717, 1.165) is 0 Å². The lowest BCUT2D eigenvalue weighted by atomic mass is 9.76. The van der Waals surface area contributed by atoms with Gasteiger partial charge in [0.25, 0.3) is 0 Å². The number of hydrogen-bond acceptors (Lipinski definition) is 12. The molecule has 4 aliphatic heterocycles. The first-order valence-corrected chi connectivity index (χ1v) is 18.5. The molecule has 49 heavy (non-hydrogen) atoms. The zero-order valence-electron chi connectivity index (χ0n) is 32.3. The van der Waals surface area contributed by atoms with Crippen molar-refractivity contribution in [2.75, 3.05) is 21.2 Å². The molecule has 0 aromatic heterocycles. The fourth-order valence-electron chi connectivity index (χ4n) is 9.25. The van der Waals surface area contributed by atoms with Gasteiger partial charge in [-0.25, -0.2) is 0 Å². The monoisotopic (exact) mass is 701 g/mol. The Labute approximate surface area is 294 Å². The summed E-state index contributed by atoms with van der Waals surface area (Å²) in [6.45, 7) is 19.0. The molecule has 3 N–H and O–H groups in total. The Bertz CT molecular complexity index is 1110. The van der Waals surface area contributed by atoms with Crippen molar-refractivity contribution in [3.05, 3.63) is 0 Å². The van der Waals surface area contributed by atoms with Crippen molar-refractivity contribution in [3.8, 4) is 0 Å². The van der Waals surface area contributed by atoms with E-state index in [1.54, 1.807) is 14.0 Å². The first kappa shape index (κ1) is 40.8. The molecule has 0 aromatic rings. The van der Waals surface area contributed by atoms with Gasteiger partial charge < -0.3 is 53.4 Å². The Kier molecular flexibility index (Phi) is 13.0. The quantitative estimate of drug-likeness (QED) is 0.333. The molecule has 0 aromatic carbocycles. The Balaban J connectivity index is 1.83. The molecule has 4 saturated heterocycles. The van der Waals surface area contributed by atoms with Gasteiger partial charge in [-0.15, -0.1) is 0 Å². The summed E-state index contributed by atoms with van der Waals surface area (Å²) in [5.41, 5.74) is -3.20. The molecule has 0 spiro atoms. The van der Waals surface area contributed by atoms with Crippen LogP contribution in [0.3, 0.4) is 0 Å². The van der Waals surface area contributed by atoms with Crippen LogP contribution >= 0.6 is 0 Å². The van der Waals surface area contributed by atoms with Crippen LogP contribution in [0.2, 0.25) is 0 Å². The lowest BCUT2D eigenvalue weighted by Crippen LogP contribution is -2.59. The van der Waals surface area contributed by atoms with Crippen molar-refractivity contribution in [1.29, 1.82) is 0 Å². The molecule has 2 bridgehead atoms. The topological polar surface area (TPSA) is 146 Å². The summed E-state index contributed by atoms with van der Waals surface area (Å²) in [7, 11) is 5.54. The number of esters is 1. The number of rotatable bonds is 7. The van der Waals surface area contributed by atoms with E-state index in [2.05, 4.69) is 6.92 Å². The first-order chi connectivity index (χ1) is 22.7. The molecule has 0 radical (unpaired) electrons. The van der Waals surface area contributed by atoms with Gasteiger partial charge >= 0.3 is 5.97 Å². The molecule has 18 atom stereocenters. The van der Waals surface area contributed by atoms with Gasteiger partial charge in [-0.1, -0.05) is 27.7 Å². The molecule has 0 saturated carbocycles. The highest BCUT2D eigenvalue weighted by molar-refractivity contribution is 5.73. The third-order valence-corrected chi connectivity index (χ3v) is 12.1. The van der Waals surface area contributed by atoms with Crippen LogP contribution in [0.5, 0.6) is 0 Å². The minimum atomic E-state index is -1.75. The van der Waals surface area contributed by atoms with Crippen molar-refractivity contribution >= 4 is 5.97 Å². The van der Waals surface area contributed by atoms with E-state index in [0.29, 0.717) is 32.1 Å². The van der Waals surface area contributed by atoms with Crippen molar-refractivity contribution < 1.29 is 53.3 Å². The number of ether oxygens (including phenoxy) is 7. The number of nitrogens with zero attached hydrogens (tertiary/aromatic N) is 1. The zero-order chi connectivity index (χ0) is 36.8. The lowest BCUT2D eigenvalue weighted by Gasteiger charge is -2.48. The van der Waals surface area contributed by atoms with Crippen LogP contribution in [0.4, 0.5) is 0 Å². The van der Waals surface area contributed by atoms with Gasteiger partial charge in [-0.3, -0.25) is 4.79 Å². The van der Waals surface area contributed by atoms with Gasteiger partial charge in [0.15, 0.2) is 12.6 Å². The molecular weight excluding hydrogens is 634 g/mol. The lowest BCUT2D eigenvalue weighted by molar-refractivity contribution is -0.311. The maximum atomic E-state index is 14.1. The highest BCUT2D eigenvalue weighted by Gasteiger charge is 2.57. The number of cyclic esters (lactones) is 1. The summed E-state index contributed by atoms with van der Waals surface area (Å²) in [6, 6.07) is -0.198. The number of methoxy groups -OCH3 is 1. The Hall–Kier alpha value is -0.930. The summed E-state index contributed by atoms with van der Waals surface area (Å²) in [5, 5.41) is 35.0. The molecule has 12 heteroatoms. The van der Waals surface area contributed by atoms with Crippen LogP contribution in [0, 0.1) is 23.7 Å². The van der Waals surface area contributed by atoms with Crippen molar-refractivity contribution in [1.82, 2.24) is 4.90 Å². The SMILES string of the molecule is CC[C@H]1OC(=O)[C@H](C)[C@@H](O[C@H]2C[C@@](C)(OC)C[C@H](C)O2)[C@H](C)[C@@H](O[C@@H]2O[C@H](C)C[C@H](N(C)C)[C@H]2O)[C@]2(C)C[C@@H](C)[C@@H](O2)[C@H](C)[C@@H](O)[C@]1(C)O. The molecule has 4 heterocycles. The molecule has 4 aliphatic rings. The second kappa shape index (κ2) is 15.6. The first-order valence-electron chi connectivity index (χ1n) is 18.5. The third kappa shape index (κ3) is 8.50. The predicted octanol–water partition coefficient (Wildman–Crippen LogP) is 3.65. The molecule has 0 aliphatic carbocycles. The molecule has 286 valence electrons. The minimum absolute atomic E-state index is 0.0262. The summed E-state index contributed by atoms with van der Waals surface area (Å²) in [6.07, 6.45) is -4.58. The fraction of sp³-hybridized carbons (Fsp3) is 0.973. The third-order valence-electron chi connectivity index (χ3n) is 12.1. The van der Waals surface area contributed by atoms with Gasteiger partial charge in [-0.2, -0.15) is 0 Å². The highest BCUT2D eigenvalue weighted by Crippen LogP contribution is 2.48. The van der Waals surface area contributed by atoms with E-state index in [1.807, 2.05) is 67.5 Å². The largest absolute Gasteiger partial charge is 0.459 e. The normalized spacial score (nSPS) is 51.9. The van der Waals surface area contributed by atoms with Crippen LogP contribution in [0.15, 0.2) is 0 Å². The van der Waals surface area contributed by atoms with Crippen LogP contribution in [-0.2, 0) is 38.0 Å². The second-order valence-electron chi connectivity index (χ2n) is 16.8. The summed E-state index contributed by atoms with van der Waals surface area (Å²) < 4.78 is 45.3. The second-order valence-corrected chi connectivity index (χ2v) is 16.8. The molecule has 12 nitrogen and oxygen atoms in total. The minimum Gasteiger partial charge on any atom is -0.459 e. The molecular formula is C37H67NO11. The van der Waals surface area contributed by atoms with Gasteiger partial charge in [-0.05, 0) is 80.8 Å². The predicted molar refractivity (Wildman–Crippen MR) is 183 cm³/mol. The van der Waals surface area contributed by atoms with E-state index >= 15 is 0 Å². The Morgan fingerprint density at radius 2 is 1.57 bits per heavy atom. The Morgan fingerprint density at radius 3 is 2.16 bits per heavy atom. The number of hydrogen-bond donors (Lipinski definition) is 3. The smallest absolute Gasteiger partial charge is 0.311 e. The van der Waals surface area contributed by atoms with Crippen LogP contribution in [0.1, 0.15) is 101 Å². The van der Waals surface area contributed by atoms with Crippen LogP contribution < -0.4 is 0 Å². The number of carbonyl (C=O) groups excluding carboxylic acids is 1. The van der Waals surface area contributed by atoms with E-state index < -0.39 is 89.7 Å². The average Bonchev–Trinajstić information content (AvgIpc) is 3.34. The molecule has 4 fully saturated rings. The van der Waals surface area contributed by atoms with E-state index in [1.165, 1.54) is 6.92 Å². The number of likely N-dealkylation sites (N-methyl/N-ethyl adjacent to an activating group) is 1. The fourth-order valence-corrected chi connectivity index (χ4v) is 9.25. The van der Waals surface area contributed by atoms with Crippen molar-refractivity contribution in [2.24, 2.45) is 23.7 Å². The number of carbonyl (C=O) groups is 1. The molecule has 0 amide bonds. The van der Waals surface area contributed by atoms with E-state index in [9.17, 15) is 20.1 Å². The van der Waals surface area contributed by atoms with E-state index in [4.69, 9.17) is 33.2 Å². The average molecular weight is 702 g/mol. The van der Waals surface area contributed by atoms with Gasteiger partial charge in [0, 0.05) is 37.8 Å². The van der Waals surface area contributed by atoms with Crippen molar-refractivity contribution in [3.63, 3.8) is 0 Å². The zero-order valence-corrected chi connectivity index (χ0v) is 32.3. The number of aliphatic hydroxyl groups is 3. The maximum absolute atomic E-state index is 14.1. The standard InChI is InChI=1S/C37H67NO11/c1-14-26-37(10,42)31(40)22(5)29-19(2)16-36(9,49-29)32(48-34-28(39)25(38(11)12)15-20(3)45-34)23(6)30(24(7)33(41)46-26)47-27-18-35(8,43-13)17-21(4)44-27/h19-32,34,39-40,42H,14-18H2,1-13H3/t19-,20-,21+,22+,23+,24-,25+,26-,27+,28-,29-,30+,31-,32-,34+,35+,36+,37-/m1/s1. The van der Waals surface area contributed by atoms with Gasteiger partial charge in [0.1, 0.15) is 17.8 Å². The number of fused-ring (bicyclic) bond motifs is 2. The molecule has 0 unspecified atom stereocenters. The van der Waals surface area contributed by atoms with Crippen LogP contribution in [0.25, 0.3) is 0 Å². The Morgan fingerprint density at radius 1 is 0.918 bits per heavy atom. The van der Waals surface area contributed by atoms with Crippen LogP contribution in [-0.4, -0.2) is 132 Å². The van der Waals surface area contributed by atoms with Crippen molar-refractivity contribution in [2.45, 2.75) is 186 Å².